The molecule has 124 valence electrons. The second-order valence-electron chi connectivity index (χ2n) is 7.29. The van der Waals surface area contributed by atoms with Crippen molar-refractivity contribution in [2.75, 3.05) is 0 Å². The van der Waals surface area contributed by atoms with Gasteiger partial charge in [-0.2, -0.15) is 0 Å². The van der Waals surface area contributed by atoms with Crippen LogP contribution in [0.25, 0.3) is 0 Å². The van der Waals surface area contributed by atoms with Gasteiger partial charge in [0.15, 0.2) is 0 Å². The molecule has 1 unspecified atom stereocenters. The smallest absolute Gasteiger partial charge is 0.132 e. The highest BCUT2D eigenvalue weighted by molar-refractivity contribution is 5.38. The predicted molar refractivity (Wildman–Crippen MR) is 96.8 cm³/mol. The van der Waals surface area contributed by atoms with E-state index in [1.54, 1.807) is 12.5 Å². The zero-order chi connectivity index (χ0) is 17.2. The first-order valence-electron chi connectivity index (χ1n) is 8.24. The molecule has 0 aliphatic heterocycles. The van der Waals surface area contributed by atoms with E-state index < -0.39 is 5.60 Å². The topological polar surface area (TPSA) is 38.0 Å². The summed E-state index contributed by atoms with van der Waals surface area (Å²) in [7, 11) is 0. The maximum atomic E-state index is 11.6. The van der Waals surface area contributed by atoms with Gasteiger partial charge in [0.1, 0.15) is 5.60 Å². The van der Waals surface area contributed by atoms with E-state index in [0.717, 1.165) is 11.1 Å². The third kappa shape index (κ3) is 3.26. The number of benzene rings is 2. The van der Waals surface area contributed by atoms with Crippen LogP contribution in [0.2, 0.25) is 0 Å². The van der Waals surface area contributed by atoms with Crippen molar-refractivity contribution in [1.29, 1.82) is 0 Å². The third-order valence-corrected chi connectivity index (χ3v) is 4.45. The van der Waals surface area contributed by atoms with Gasteiger partial charge in [-0.05, 0) is 22.1 Å². The number of aliphatic hydroxyl groups is 1. The Kier molecular flexibility index (Phi) is 4.29. The number of nitrogens with zero attached hydrogens (tertiary/aromatic N) is 2. The molecular formula is C21H24N2O. The molecule has 0 aliphatic rings. The highest BCUT2D eigenvalue weighted by atomic mass is 16.3. The molecular weight excluding hydrogens is 296 g/mol. The van der Waals surface area contributed by atoms with Crippen LogP contribution in [0.5, 0.6) is 0 Å². The summed E-state index contributed by atoms with van der Waals surface area (Å²) in [6.07, 6.45) is 5.34. The highest BCUT2D eigenvalue weighted by Crippen LogP contribution is 2.33. The zero-order valence-electron chi connectivity index (χ0n) is 14.5. The molecule has 0 radical (unpaired) electrons. The fourth-order valence-electron chi connectivity index (χ4n) is 2.95. The van der Waals surface area contributed by atoms with E-state index in [1.165, 1.54) is 5.56 Å². The van der Waals surface area contributed by atoms with Crippen LogP contribution in [0.15, 0.2) is 73.3 Å². The van der Waals surface area contributed by atoms with Gasteiger partial charge in [0.2, 0.25) is 0 Å². The van der Waals surface area contributed by atoms with Gasteiger partial charge in [-0.25, -0.2) is 4.98 Å². The van der Waals surface area contributed by atoms with Crippen LogP contribution < -0.4 is 0 Å². The maximum absolute atomic E-state index is 11.6. The maximum Gasteiger partial charge on any atom is 0.132 e. The third-order valence-electron chi connectivity index (χ3n) is 4.45. The van der Waals surface area contributed by atoms with E-state index in [2.05, 4.69) is 37.9 Å². The van der Waals surface area contributed by atoms with Crippen molar-refractivity contribution in [2.45, 2.75) is 38.3 Å². The van der Waals surface area contributed by atoms with Crippen LogP contribution in [0.4, 0.5) is 0 Å². The van der Waals surface area contributed by atoms with Gasteiger partial charge in [-0.3, -0.25) is 0 Å². The first-order valence-corrected chi connectivity index (χ1v) is 8.24. The van der Waals surface area contributed by atoms with Gasteiger partial charge in [0.05, 0.1) is 12.9 Å². The van der Waals surface area contributed by atoms with Crippen LogP contribution in [0, 0.1) is 0 Å². The van der Waals surface area contributed by atoms with Gasteiger partial charge in [-0.15, -0.1) is 0 Å². The van der Waals surface area contributed by atoms with Crippen molar-refractivity contribution in [2.24, 2.45) is 0 Å². The monoisotopic (exact) mass is 320 g/mol. The Balaban J connectivity index is 2.04. The van der Waals surface area contributed by atoms with Crippen LogP contribution in [-0.2, 0) is 17.6 Å². The molecule has 0 fully saturated rings. The normalized spacial score (nSPS) is 14.3. The van der Waals surface area contributed by atoms with E-state index in [4.69, 9.17) is 0 Å². The predicted octanol–water partition coefficient (Wildman–Crippen LogP) is 4.12. The highest BCUT2D eigenvalue weighted by Gasteiger charge is 2.32. The zero-order valence-corrected chi connectivity index (χ0v) is 14.5. The van der Waals surface area contributed by atoms with Crippen LogP contribution >= 0.6 is 0 Å². The molecule has 3 nitrogen and oxygen atoms in total. The molecule has 0 aliphatic carbocycles. The summed E-state index contributed by atoms with van der Waals surface area (Å²) in [6, 6.07) is 18.1. The van der Waals surface area contributed by atoms with Crippen molar-refractivity contribution in [1.82, 2.24) is 9.55 Å². The minimum atomic E-state index is -1.10. The molecule has 1 aromatic heterocycles. The van der Waals surface area contributed by atoms with Gasteiger partial charge >= 0.3 is 0 Å². The lowest BCUT2D eigenvalue weighted by Gasteiger charge is -2.30. The van der Waals surface area contributed by atoms with Crippen molar-refractivity contribution in [3.63, 3.8) is 0 Å². The molecule has 0 saturated carbocycles. The summed E-state index contributed by atoms with van der Waals surface area (Å²) in [5.74, 6) is 0. The second kappa shape index (κ2) is 6.25. The van der Waals surface area contributed by atoms with Crippen LogP contribution in [0.3, 0.4) is 0 Å². The Labute approximate surface area is 143 Å². The number of rotatable bonds is 4. The van der Waals surface area contributed by atoms with Crippen molar-refractivity contribution >= 4 is 0 Å². The SMILES string of the molecule is CC(C)(C)c1ccc(C(O)(Cn2ccnc2)c2ccccc2)cc1. The standard InChI is InChI=1S/C21H24N2O/c1-20(2,3)17-9-11-19(12-10-17)21(24,15-23-14-13-22-16-23)18-7-5-4-6-8-18/h4-14,16,24H,15H2,1-3H3. The molecule has 1 N–H and O–H groups in total. The Morgan fingerprint density at radius 2 is 1.46 bits per heavy atom. The number of aromatic nitrogens is 2. The average Bonchev–Trinajstić information content (AvgIpc) is 3.08. The first kappa shape index (κ1) is 16.5. The first-order chi connectivity index (χ1) is 11.4. The van der Waals surface area contributed by atoms with Crippen molar-refractivity contribution in [3.8, 4) is 0 Å². The number of imidazole rings is 1. The Morgan fingerprint density at radius 1 is 0.875 bits per heavy atom. The average molecular weight is 320 g/mol. The van der Waals surface area contributed by atoms with Crippen LogP contribution in [-0.4, -0.2) is 14.7 Å². The summed E-state index contributed by atoms with van der Waals surface area (Å²) >= 11 is 0. The quantitative estimate of drug-likeness (QED) is 0.785. The number of hydrogen-bond acceptors (Lipinski definition) is 2. The lowest BCUT2D eigenvalue weighted by Crippen LogP contribution is -2.32. The summed E-state index contributed by atoms with van der Waals surface area (Å²) in [4.78, 5) is 4.09. The van der Waals surface area contributed by atoms with Gasteiger partial charge < -0.3 is 9.67 Å². The largest absolute Gasteiger partial charge is 0.378 e. The molecule has 0 bridgehead atoms. The fourth-order valence-corrected chi connectivity index (χ4v) is 2.95. The molecule has 2 aromatic carbocycles. The molecule has 0 saturated heterocycles. The second-order valence-corrected chi connectivity index (χ2v) is 7.29. The van der Waals surface area contributed by atoms with Gasteiger partial charge in [0.25, 0.3) is 0 Å². The van der Waals surface area contributed by atoms with Gasteiger partial charge in [-0.1, -0.05) is 75.4 Å². The Hall–Kier alpha value is -2.39. The lowest BCUT2D eigenvalue weighted by molar-refractivity contribution is 0.0611. The van der Waals surface area contributed by atoms with E-state index in [-0.39, 0.29) is 5.41 Å². The summed E-state index contributed by atoms with van der Waals surface area (Å²) < 4.78 is 1.91. The van der Waals surface area contributed by atoms with Crippen molar-refractivity contribution < 1.29 is 5.11 Å². The molecule has 1 atom stereocenters. The molecule has 3 aromatic rings. The van der Waals surface area contributed by atoms with E-state index >= 15 is 0 Å². The minimum absolute atomic E-state index is 0.0910. The van der Waals surface area contributed by atoms with E-state index in [9.17, 15) is 5.11 Å². The fraction of sp³-hybridized carbons (Fsp3) is 0.286. The Bertz CT molecular complexity index is 771. The number of hydrogen-bond donors (Lipinski definition) is 1. The Morgan fingerprint density at radius 3 is 2.00 bits per heavy atom. The molecule has 24 heavy (non-hydrogen) atoms. The van der Waals surface area contributed by atoms with Crippen LogP contribution in [0.1, 0.15) is 37.5 Å². The molecule has 3 heteroatoms. The molecule has 0 spiro atoms. The van der Waals surface area contributed by atoms with Crippen molar-refractivity contribution in [3.05, 3.63) is 90.0 Å². The molecule has 1 heterocycles. The van der Waals surface area contributed by atoms with Gasteiger partial charge in [0, 0.05) is 12.4 Å². The molecule has 3 rings (SSSR count). The minimum Gasteiger partial charge on any atom is -0.378 e. The summed E-state index contributed by atoms with van der Waals surface area (Å²) in [5.41, 5.74) is 2.01. The summed E-state index contributed by atoms with van der Waals surface area (Å²) in [6.45, 7) is 7.00. The summed E-state index contributed by atoms with van der Waals surface area (Å²) in [5, 5.41) is 11.6. The van der Waals surface area contributed by atoms with E-state index in [1.807, 2.05) is 53.2 Å². The molecule has 0 amide bonds. The lowest BCUT2D eigenvalue weighted by atomic mass is 9.82. The van der Waals surface area contributed by atoms with E-state index in [0.29, 0.717) is 6.54 Å².